The molecule has 0 aliphatic carbocycles. The molecule has 2 aromatic rings. The normalized spacial score (nSPS) is 10.6. The Labute approximate surface area is 154 Å². The molecule has 0 aromatic heterocycles. The minimum atomic E-state index is -0.200. The van der Waals surface area contributed by atoms with Crippen LogP contribution in [0.25, 0.3) is 0 Å². The van der Waals surface area contributed by atoms with Gasteiger partial charge in [-0.3, -0.25) is 9.59 Å². The molecule has 0 saturated heterocycles. The summed E-state index contributed by atoms with van der Waals surface area (Å²) in [5.41, 5.74) is 3.01. The van der Waals surface area contributed by atoms with Crippen molar-refractivity contribution in [1.29, 1.82) is 0 Å². The summed E-state index contributed by atoms with van der Waals surface area (Å²) < 4.78 is 4.94. The molecule has 0 atom stereocenters. The van der Waals surface area contributed by atoms with Gasteiger partial charge in [-0.25, -0.2) is 0 Å². The third kappa shape index (κ3) is 5.70. The molecule has 2 rings (SSSR count). The Balaban J connectivity index is 1.92. The van der Waals surface area contributed by atoms with E-state index >= 15 is 0 Å². The number of carbonyl (C=O) groups is 2. The maximum atomic E-state index is 12.3. The van der Waals surface area contributed by atoms with E-state index in [-0.39, 0.29) is 11.8 Å². The molecule has 0 spiro atoms. The predicted molar refractivity (Wildman–Crippen MR) is 104 cm³/mol. The van der Waals surface area contributed by atoms with E-state index in [0.29, 0.717) is 30.2 Å². The van der Waals surface area contributed by atoms with Crippen LogP contribution in [0.15, 0.2) is 48.5 Å². The lowest BCUT2D eigenvalue weighted by molar-refractivity contribution is 0.0947. The Morgan fingerprint density at radius 2 is 1.50 bits per heavy atom. The number of hydrogen-bond donors (Lipinski definition) is 2. The summed E-state index contributed by atoms with van der Waals surface area (Å²) in [7, 11) is 1.63. The maximum Gasteiger partial charge on any atom is 0.255 e. The first-order valence-corrected chi connectivity index (χ1v) is 8.79. The molecule has 0 unspecified atom stereocenters. The number of carbonyl (C=O) groups excluding carboxylic acids is 2. The molecule has 138 valence electrons. The molecule has 26 heavy (non-hydrogen) atoms. The average molecular weight is 354 g/mol. The molecule has 0 fully saturated rings. The fraction of sp³-hybridized carbons (Fsp3) is 0.333. The second-order valence-electron chi connectivity index (χ2n) is 6.41. The summed E-state index contributed by atoms with van der Waals surface area (Å²) in [4.78, 5) is 24.3. The van der Waals surface area contributed by atoms with E-state index in [4.69, 9.17) is 4.74 Å². The highest BCUT2D eigenvalue weighted by Gasteiger charge is 2.09. The summed E-state index contributed by atoms with van der Waals surface area (Å²) in [5.74, 6) is 0.0969. The lowest BCUT2D eigenvalue weighted by Gasteiger charge is -2.09. The van der Waals surface area contributed by atoms with Crippen molar-refractivity contribution in [3.63, 3.8) is 0 Å². The highest BCUT2D eigenvalue weighted by atomic mass is 16.5. The van der Waals surface area contributed by atoms with E-state index in [0.717, 1.165) is 12.1 Å². The summed E-state index contributed by atoms with van der Waals surface area (Å²) >= 11 is 0. The van der Waals surface area contributed by atoms with Gasteiger partial charge in [0.1, 0.15) is 0 Å². The van der Waals surface area contributed by atoms with Crippen LogP contribution in [0.3, 0.4) is 0 Å². The van der Waals surface area contributed by atoms with E-state index in [9.17, 15) is 9.59 Å². The summed E-state index contributed by atoms with van der Waals surface area (Å²) in [6.45, 7) is 5.42. The Morgan fingerprint density at radius 3 is 2.04 bits per heavy atom. The van der Waals surface area contributed by atoms with Gasteiger partial charge >= 0.3 is 0 Å². The largest absolute Gasteiger partial charge is 0.385 e. The summed E-state index contributed by atoms with van der Waals surface area (Å²) in [6, 6.07) is 14.4. The van der Waals surface area contributed by atoms with Gasteiger partial charge < -0.3 is 15.4 Å². The number of amides is 2. The first-order valence-electron chi connectivity index (χ1n) is 8.79. The van der Waals surface area contributed by atoms with Crippen LogP contribution in [0.5, 0.6) is 0 Å². The Bertz CT molecular complexity index is 722. The molecule has 0 saturated carbocycles. The van der Waals surface area contributed by atoms with Crippen molar-refractivity contribution in [3.8, 4) is 0 Å². The monoisotopic (exact) mass is 354 g/mol. The number of methoxy groups -OCH3 is 1. The molecule has 2 aromatic carbocycles. The van der Waals surface area contributed by atoms with Crippen molar-refractivity contribution in [1.82, 2.24) is 5.32 Å². The van der Waals surface area contributed by atoms with Gasteiger partial charge in [0.05, 0.1) is 0 Å². The Morgan fingerprint density at radius 1 is 0.923 bits per heavy atom. The third-order valence-corrected chi connectivity index (χ3v) is 4.06. The van der Waals surface area contributed by atoms with Gasteiger partial charge in [0.15, 0.2) is 0 Å². The van der Waals surface area contributed by atoms with Crippen LogP contribution in [0.1, 0.15) is 52.5 Å². The molecular formula is C21H26N2O3. The van der Waals surface area contributed by atoms with E-state index in [2.05, 4.69) is 24.5 Å². The third-order valence-electron chi connectivity index (χ3n) is 4.06. The Hall–Kier alpha value is -2.66. The molecule has 0 aliphatic heterocycles. The van der Waals surface area contributed by atoms with Crippen LogP contribution in [0, 0.1) is 0 Å². The fourth-order valence-corrected chi connectivity index (χ4v) is 2.45. The topological polar surface area (TPSA) is 67.4 Å². The van der Waals surface area contributed by atoms with Crippen LogP contribution in [-0.2, 0) is 4.74 Å². The molecular weight excluding hydrogens is 328 g/mol. The smallest absolute Gasteiger partial charge is 0.255 e. The standard InChI is InChI=1S/C21H26N2O3/c1-15(2)16-9-11-19(12-10-16)23-21(25)18-7-5-17(6-8-18)20(24)22-13-4-14-26-3/h5-12,15H,4,13-14H2,1-3H3,(H,22,24)(H,23,25). The van der Waals surface area contributed by atoms with Crippen LogP contribution >= 0.6 is 0 Å². The fourth-order valence-electron chi connectivity index (χ4n) is 2.45. The molecule has 0 radical (unpaired) electrons. The van der Waals surface area contributed by atoms with E-state index in [1.807, 2.05) is 24.3 Å². The number of ether oxygens (including phenoxy) is 1. The molecule has 2 N–H and O–H groups in total. The molecule has 5 nitrogen and oxygen atoms in total. The number of anilines is 1. The van der Waals surface area contributed by atoms with Crippen molar-refractivity contribution >= 4 is 17.5 Å². The highest BCUT2D eigenvalue weighted by molar-refractivity contribution is 6.05. The average Bonchev–Trinajstić information content (AvgIpc) is 2.65. The van der Waals surface area contributed by atoms with Crippen LogP contribution in [0.4, 0.5) is 5.69 Å². The Kier molecular flexibility index (Phi) is 7.36. The quantitative estimate of drug-likeness (QED) is 0.708. The van der Waals surface area contributed by atoms with Gasteiger partial charge in [0.25, 0.3) is 11.8 Å². The maximum absolute atomic E-state index is 12.3. The number of rotatable bonds is 8. The number of nitrogens with one attached hydrogen (secondary N) is 2. The molecule has 0 aliphatic rings. The van der Waals surface area contributed by atoms with Crippen LogP contribution in [-0.4, -0.2) is 32.1 Å². The van der Waals surface area contributed by atoms with Gasteiger partial charge in [0, 0.05) is 37.1 Å². The van der Waals surface area contributed by atoms with Crippen molar-refractivity contribution in [2.75, 3.05) is 25.6 Å². The minimum absolute atomic E-state index is 0.155. The second-order valence-corrected chi connectivity index (χ2v) is 6.41. The van der Waals surface area contributed by atoms with E-state index < -0.39 is 0 Å². The van der Waals surface area contributed by atoms with Crippen LogP contribution in [0.2, 0.25) is 0 Å². The van der Waals surface area contributed by atoms with Gasteiger partial charge in [-0.05, 0) is 54.3 Å². The highest BCUT2D eigenvalue weighted by Crippen LogP contribution is 2.17. The summed E-state index contributed by atoms with van der Waals surface area (Å²) in [6.07, 6.45) is 0.762. The molecule has 0 heterocycles. The zero-order chi connectivity index (χ0) is 18.9. The van der Waals surface area contributed by atoms with Gasteiger partial charge in [-0.15, -0.1) is 0 Å². The predicted octanol–water partition coefficient (Wildman–Crippen LogP) is 3.83. The molecule has 5 heteroatoms. The van der Waals surface area contributed by atoms with Crippen molar-refractivity contribution in [2.24, 2.45) is 0 Å². The van der Waals surface area contributed by atoms with Crippen molar-refractivity contribution in [2.45, 2.75) is 26.2 Å². The van der Waals surface area contributed by atoms with Gasteiger partial charge in [-0.1, -0.05) is 26.0 Å². The second kappa shape index (κ2) is 9.73. The van der Waals surface area contributed by atoms with Crippen LogP contribution < -0.4 is 10.6 Å². The lowest BCUT2D eigenvalue weighted by atomic mass is 10.0. The SMILES string of the molecule is COCCCNC(=O)c1ccc(C(=O)Nc2ccc(C(C)C)cc2)cc1. The first kappa shape index (κ1) is 19.7. The molecule has 0 bridgehead atoms. The van der Waals surface area contributed by atoms with Crippen molar-refractivity contribution in [3.05, 3.63) is 65.2 Å². The van der Waals surface area contributed by atoms with E-state index in [1.165, 1.54) is 5.56 Å². The summed E-state index contributed by atoms with van der Waals surface area (Å²) in [5, 5.41) is 5.69. The minimum Gasteiger partial charge on any atom is -0.385 e. The molecule has 2 amide bonds. The first-order chi connectivity index (χ1) is 12.5. The van der Waals surface area contributed by atoms with Gasteiger partial charge in [0.2, 0.25) is 0 Å². The number of benzene rings is 2. The number of hydrogen-bond acceptors (Lipinski definition) is 3. The zero-order valence-electron chi connectivity index (χ0n) is 15.5. The van der Waals surface area contributed by atoms with Crippen molar-refractivity contribution < 1.29 is 14.3 Å². The zero-order valence-corrected chi connectivity index (χ0v) is 15.5. The lowest BCUT2D eigenvalue weighted by Crippen LogP contribution is -2.25. The van der Waals surface area contributed by atoms with E-state index in [1.54, 1.807) is 31.4 Å². The van der Waals surface area contributed by atoms with Gasteiger partial charge in [-0.2, -0.15) is 0 Å².